The van der Waals surface area contributed by atoms with Crippen molar-refractivity contribution < 1.29 is 4.79 Å². The molecule has 0 unspecified atom stereocenters. The fraction of sp³-hybridized carbons (Fsp3) is 0. The number of hydrogen-bond donors (Lipinski definition) is 0. The number of pyridine rings is 1. The van der Waals surface area contributed by atoms with Crippen molar-refractivity contribution in [1.82, 2.24) is 4.98 Å². The summed E-state index contributed by atoms with van der Waals surface area (Å²) in [6.07, 6.45) is 2.39. The molecule has 2 aromatic rings. The van der Waals surface area contributed by atoms with Crippen LogP contribution < -0.4 is 0 Å². The molecule has 2 nitrogen and oxygen atoms in total. The Kier molecular flexibility index (Phi) is 2.92. The molecular formula is C12H8BrNO. The molecular weight excluding hydrogens is 254 g/mol. The first-order valence-corrected chi connectivity index (χ1v) is 5.26. The summed E-state index contributed by atoms with van der Waals surface area (Å²) in [5.74, 6) is 0. The molecule has 0 aliphatic rings. The van der Waals surface area contributed by atoms with Crippen LogP contribution in [0.5, 0.6) is 0 Å². The molecule has 0 aliphatic carbocycles. The lowest BCUT2D eigenvalue weighted by Crippen LogP contribution is -1.86. The maximum absolute atomic E-state index is 10.6. The van der Waals surface area contributed by atoms with E-state index in [0.29, 0.717) is 5.69 Å². The number of halogens is 1. The third kappa shape index (κ3) is 2.30. The van der Waals surface area contributed by atoms with Crippen molar-refractivity contribution in [3.63, 3.8) is 0 Å². The third-order valence-corrected chi connectivity index (χ3v) is 2.55. The van der Waals surface area contributed by atoms with Crippen molar-refractivity contribution in [3.05, 3.63) is 52.8 Å². The van der Waals surface area contributed by atoms with Gasteiger partial charge < -0.3 is 0 Å². The van der Waals surface area contributed by atoms with Gasteiger partial charge >= 0.3 is 0 Å². The minimum atomic E-state index is 0.451. The number of carbonyl (C=O) groups is 1. The molecule has 3 heteroatoms. The van der Waals surface area contributed by atoms with Gasteiger partial charge in [0.05, 0.1) is 0 Å². The van der Waals surface area contributed by atoms with Crippen molar-refractivity contribution in [3.8, 4) is 11.1 Å². The monoisotopic (exact) mass is 261 g/mol. The maximum atomic E-state index is 10.6. The normalized spacial score (nSPS) is 9.93. The predicted molar refractivity (Wildman–Crippen MR) is 62.8 cm³/mol. The van der Waals surface area contributed by atoms with E-state index in [-0.39, 0.29) is 0 Å². The lowest BCUT2D eigenvalue weighted by Gasteiger charge is -2.02. The van der Waals surface area contributed by atoms with Crippen molar-refractivity contribution in [2.75, 3.05) is 0 Å². The number of nitrogens with zero attached hydrogens (tertiary/aromatic N) is 1. The summed E-state index contributed by atoms with van der Waals surface area (Å²) >= 11 is 3.41. The molecule has 0 spiro atoms. The second-order valence-corrected chi connectivity index (χ2v) is 4.01. The Hall–Kier alpha value is -1.48. The molecule has 15 heavy (non-hydrogen) atoms. The number of carbonyl (C=O) groups excluding carboxylic acids is 1. The van der Waals surface area contributed by atoms with Crippen LogP contribution >= 0.6 is 15.9 Å². The smallest absolute Gasteiger partial charge is 0.168 e. The molecule has 1 aromatic carbocycles. The maximum Gasteiger partial charge on any atom is 0.168 e. The minimum absolute atomic E-state index is 0.451. The van der Waals surface area contributed by atoms with Crippen molar-refractivity contribution in [2.45, 2.75) is 0 Å². The van der Waals surface area contributed by atoms with Gasteiger partial charge in [-0.1, -0.05) is 28.1 Å². The van der Waals surface area contributed by atoms with E-state index >= 15 is 0 Å². The number of aldehydes is 1. The third-order valence-electron chi connectivity index (χ3n) is 2.06. The van der Waals surface area contributed by atoms with Crippen LogP contribution in [0, 0.1) is 0 Å². The highest BCUT2D eigenvalue weighted by molar-refractivity contribution is 9.10. The summed E-state index contributed by atoms with van der Waals surface area (Å²) in [4.78, 5) is 14.5. The molecule has 2 rings (SSSR count). The number of hydrogen-bond acceptors (Lipinski definition) is 2. The van der Waals surface area contributed by atoms with Crippen LogP contribution in [0.25, 0.3) is 11.1 Å². The molecule has 0 saturated carbocycles. The molecule has 0 bridgehead atoms. The average Bonchev–Trinajstić information content (AvgIpc) is 2.29. The Morgan fingerprint density at radius 2 is 1.93 bits per heavy atom. The summed E-state index contributed by atoms with van der Waals surface area (Å²) in [5.41, 5.74) is 2.51. The van der Waals surface area contributed by atoms with Gasteiger partial charge in [0.2, 0.25) is 0 Å². The van der Waals surface area contributed by atoms with Crippen LogP contribution in [0.3, 0.4) is 0 Å². The Morgan fingerprint density at radius 3 is 2.67 bits per heavy atom. The lowest BCUT2D eigenvalue weighted by molar-refractivity contribution is 0.111. The highest BCUT2D eigenvalue weighted by Gasteiger charge is 1.99. The Morgan fingerprint density at radius 1 is 1.13 bits per heavy atom. The van der Waals surface area contributed by atoms with E-state index in [2.05, 4.69) is 20.9 Å². The van der Waals surface area contributed by atoms with Crippen molar-refractivity contribution in [1.29, 1.82) is 0 Å². The molecule has 0 fully saturated rings. The second kappa shape index (κ2) is 4.36. The largest absolute Gasteiger partial charge is 0.296 e. The van der Waals surface area contributed by atoms with E-state index in [1.165, 1.54) is 0 Å². The number of aromatic nitrogens is 1. The van der Waals surface area contributed by atoms with E-state index < -0.39 is 0 Å². The molecule has 0 N–H and O–H groups in total. The molecule has 0 aliphatic heterocycles. The summed E-state index contributed by atoms with van der Waals surface area (Å²) in [6, 6.07) is 11.6. The van der Waals surface area contributed by atoms with Gasteiger partial charge in [0, 0.05) is 10.7 Å². The summed E-state index contributed by atoms with van der Waals surface area (Å²) in [7, 11) is 0. The molecule has 0 radical (unpaired) electrons. The van der Waals surface area contributed by atoms with Gasteiger partial charge in [-0.2, -0.15) is 0 Å². The van der Waals surface area contributed by atoms with Crippen LogP contribution in [-0.4, -0.2) is 11.3 Å². The molecule has 1 heterocycles. The number of rotatable bonds is 2. The number of benzene rings is 1. The van der Waals surface area contributed by atoms with Gasteiger partial charge in [-0.3, -0.25) is 9.78 Å². The lowest BCUT2D eigenvalue weighted by atomic mass is 10.1. The Bertz CT molecular complexity index is 496. The van der Waals surface area contributed by atoms with Crippen LogP contribution in [0.2, 0.25) is 0 Å². The van der Waals surface area contributed by atoms with E-state index in [9.17, 15) is 4.79 Å². The highest BCUT2D eigenvalue weighted by atomic mass is 79.9. The first-order valence-electron chi connectivity index (χ1n) is 4.47. The van der Waals surface area contributed by atoms with Crippen LogP contribution in [0.1, 0.15) is 10.5 Å². The van der Waals surface area contributed by atoms with E-state index in [0.717, 1.165) is 21.9 Å². The zero-order valence-electron chi connectivity index (χ0n) is 7.85. The first-order chi connectivity index (χ1) is 7.29. The Labute approximate surface area is 96.1 Å². The fourth-order valence-corrected chi connectivity index (χ4v) is 1.76. The van der Waals surface area contributed by atoms with E-state index in [4.69, 9.17) is 0 Å². The topological polar surface area (TPSA) is 30.0 Å². The highest BCUT2D eigenvalue weighted by Crippen LogP contribution is 2.22. The fourth-order valence-electron chi connectivity index (χ4n) is 1.36. The zero-order chi connectivity index (χ0) is 10.7. The second-order valence-electron chi connectivity index (χ2n) is 3.10. The SMILES string of the molecule is O=Cc1cc(-c2cccc(Br)c2)ccn1. The van der Waals surface area contributed by atoms with Crippen LogP contribution in [-0.2, 0) is 0 Å². The van der Waals surface area contributed by atoms with E-state index in [1.54, 1.807) is 12.3 Å². The zero-order valence-corrected chi connectivity index (χ0v) is 9.44. The summed E-state index contributed by atoms with van der Waals surface area (Å²) in [6.45, 7) is 0. The van der Waals surface area contributed by atoms with Gasteiger partial charge in [-0.15, -0.1) is 0 Å². The minimum Gasteiger partial charge on any atom is -0.296 e. The molecule has 1 aromatic heterocycles. The molecule has 0 amide bonds. The molecule has 0 saturated heterocycles. The van der Waals surface area contributed by atoms with Gasteiger partial charge in [-0.25, -0.2) is 0 Å². The summed E-state index contributed by atoms with van der Waals surface area (Å²) < 4.78 is 1.02. The van der Waals surface area contributed by atoms with Crippen molar-refractivity contribution >= 4 is 22.2 Å². The van der Waals surface area contributed by atoms with Gasteiger partial charge in [0.25, 0.3) is 0 Å². The van der Waals surface area contributed by atoms with Gasteiger partial charge in [0.1, 0.15) is 5.69 Å². The molecule has 74 valence electrons. The first kappa shape index (κ1) is 10.1. The quantitative estimate of drug-likeness (QED) is 0.777. The van der Waals surface area contributed by atoms with Gasteiger partial charge in [-0.05, 0) is 35.4 Å². The average molecular weight is 262 g/mol. The Balaban J connectivity index is 2.49. The van der Waals surface area contributed by atoms with Gasteiger partial charge in [0.15, 0.2) is 6.29 Å². The predicted octanol–water partition coefficient (Wildman–Crippen LogP) is 3.32. The van der Waals surface area contributed by atoms with Crippen LogP contribution in [0.4, 0.5) is 0 Å². The van der Waals surface area contributed by atoms with Crippen molar-refractivity contribution in [2.24, 2.45) is 0 Å². The van der Waals surface area contributed by atoms with E-state index in [1.807, 2.05) is 30.3 Å². The standard InChI is InChI=1S/C12H8BrNO/c13-11-3-1-2-9(6-11)10-4-5-14-12(7-10)8-15/h1-8H. The summed E-state index contributed by atoms with van der Waals surface area (Å²) in [5, 5.41) is 0. The molecule has 0 atom stereocenters. The van der Waals surface area contributed by atoms with Crippen LogP contribution in [0.15, 0.2) is 47.1 Å².